The van der Waals surface area contributed by atoms with E-state index in [0.29, 0.717) is 42.2 Å². The van der Waals surface area contributed by atoms with E-state index in [-0.39, 0.29) is 30.3 Å². The zero-order valence-electron chi connectivity index (χ0n) is 17.4. The summed E-state index contributed by atoms with van der Waals surface area (Å²) in [6.45, 7) is 3.22. The van der Waals surface area contributed by atoms with Gasteiger partial charge >= 0.3 is 6.09 Å². The molecule has 0 bridgehead atoms. The third kappa shape index (κ3) is 3.54. The van der Waals surface area contributed by atoms with Crippen LogP contribution in [-0.2, 0) is 19.1 Å². The minimum absolute atomic E-state index is 0.0575. The van der Waals surface area contributed by atoms with Crippen molar-refractivity contribution in [1.29, 1.82) is 0 Å². The fourth-order valence-corrected chi connectivity index (χ4v) is 6.65. The van der Waals surface area contributed by atoms with E-state index in [1.807, 2.05) is 4.90 Å². The van der Waals surface area contributed by atoms with Gasteiger partial charge in [-0.15, -0.1) is 0 Å². The molecule has 3 heterocycles. The molecular formula is C19H27N5O5S2. The van der Waals surface area contributed by atoms with Gasteiger partial charge in [0.25, 0.3) is 0 Å². The maximum absolute atomic E-state index is 13.6. The molecule has 0 aromatic heterocycles. The molecule has 0 unspecified atom stereocenters. The number of fused-ring (bicyclic) bond motifs is 4. The molecule has 4 aliphatic rings. The molecular weight excluding hydrogens is 442 g/mol. The summed E-state index contributed by atoms with van der Waals surface area (Å²) >= 11 is 0. The highest BCUT2D eigenvalue weighted by Gasteiger charge is 2.72. The Hall–Kier alpha value is -1.73. The van der Waals surface area contributed by atoms with E-state index in [2.05, 4.69) is 10.6 Å². The smallest absolute Gasteiger partial charge is 0.404 e. The van der Waals surface area contributed by atoms with Gasteiger partial charge in [0.15, 0.2) is 5.72 Å². The van der Waals surface area contributed by atoms with Crippen molar-refractivity contribution >= 4 is 39.2 Å². The van der Waals surface area contributed by atoms with E-state index in [1.54, 1.807) is 35.6 Å². The summed E-state index contributed by atoms with van der Waals surface area (Å²) in [6, 6.07) is 0.109. The third-order valence-corrected chi connectivity index (χ3v) is 8.64. The van der Waals surface area contributed by atoms with E-state index in [1.165, 1.54) is 0 Å². The van der Waals surface area contributed by atoms with Crippen molar-refractivity contribution in [3.05, 3.63) is 22.5 Å². The van der Waals surface area contributed by atoms with Crippen LogP contribution in [0.3, 0.4) is 0 Å². The number of hydrogen-bond donors (Lipinski definition) is 4. The Morgan fingerprint density at radius 2 is 2.06 bits per heavy atom. The number of ether oxygens (including phenoxy) is 2. The first-order valence-corrected chi connectivity index (χ1v) is 12.6. The highest BCUT2D eigenvalue weighted by atomic mass is 33.1. The molecule has 0 aromatic rings. The van der Waals surface area contributed by atoms with Crippen LogP contribution < -0.4 is 22.1 Å². The number of hydrogen-bond acceptors (Lipinski definition) is 11. The normalized spacial score (nSPS) is 31.1. The lowest BCUT2D eigenvalue weighted by Crippen LogP contribution is -2.55. The van der Waals surface area contributed by atoms with Gasteiger partial charge in [-0.1, -0.05) is 21.6 Å². The number of carbonyl (C=O) groups excluding carboxylic acids is 3. The number of allylic oxidation sites excluding steroid dienone is 2. The van der Waals surface area contributed by atoms with Crippen LogP contribution in [0.5, 0.6) is 0 Å². The number of primary amides is 1. The van der Waals surface area contributed by atoms with Crippen LogP contribution in [0.2, 0.25) is 0 Å². The first-order valence-electron chi connectivity index (χ1n) is 10.1. The van der Waals surface area contributed by atoms with Crippen molar-refractivity contribution in [3.8, 4) is 0 Å². The highest BCUT2D eigenvalue weighted by Crippen LogP contribution is 2.55. The number of methoxy groups -OCH3 is 1. The largest absolute Gasteiger partial charge is 0.449 e. The average molecular weight is 470 g/mol. The van der Waals surface area contributed by atoms with Crippen molar-refractivity contribution in [2.45, 2.75) is 24.7 Å². The van der Waals surface area contributed by atoms with Crippen LogP contribution in [0, 0.1) is 5.92 Å². The number of carbonyl (C=O) groups is 3. The van der Waals surface area contributed by atoms with Crippen LogP contribution in [0.1, 0.15) is 6.92 Å². The van der Waals surface area contributed by atoms with Gasteiger partial charge in [-0.25, -0.2) is 4.79 Å². The number of Topliss-reactive ketones (excluding diaryl/α,β-unsaturated/α-hetero) is 2. The summed E-state index contributed by atoms with van der Waals surface area (Å²) in [6.07, 6.45) is -0.934. The zero-order chi connectivity index (χ0) is 22.3. The van der Waals surface area contributed by atoms with Crippen molar-refractivity contribution in [2.75, 3.05) is 44.9 Å². The SMILES string of the molecule is CO[C@@]12[C@H](COC(N)=O)C3=C(C(=O)C(C)=C(NCCSSCCN)C3=O)N1C[C@@H]1N[C@@H]12. The van der Waals surface area contributed by atoms with Crippen molar-refractivity contribution in [3.63, 3.8) is 0 Å². The van der Waals surface area contributed by atoms with Crippen molar-refractivity contribution < 1.29 is 23.9 Å². The molecule has 3 aliphatic heterocycles. The Morgan fingerprint density at radius 3 is 2.74 bits per heavy atom. The van der Waals surface area contributed by atoms with Crippen LogP contribution in [-0.4, -0.2) is 85.2 Å². The molecule has 31 heavy (non-hydrogen) atoms. The maximum Gasteiger partial charge on any atom is 0.404 e. The predicted molar refractivity (Wildman–Crippen MR) is 118 cm³/mol. The van der Waals surface area contributed by atoms with Gasteiger partial charge in [0.1, 0.15) is 6.61 Å². The van der Waals surface area contributed by atoms with Crippen LogP contribution in [0.4, 0.5) is 4.79 Å². The Morgan fingerprint density at radius 1 is 1.32 bits per heavy atom. The minimum Gasteiger partial charge on any atom is -0.449 e. The van der Waals surface area contributed by atoms with Gasteiger partial charge in [0, 0.05) is 55.4 Å². The van der Waals surface area contributed by atoms with Gasteiger partial charge in [-0.2, -0.15) is 0 Å². The third-order valence-electron chi connectivity index (χ3n) is 6.20. The summed E-state index contributed by atoms with van der Waals surface area (Å²) in [5.74, 6) is 0.526. The maximum atomic E-state index is 13.6. The molecule has 12 heteroatoms. The summed E-state index contributed by atoms with van der Waals surface area (Å²) in [5.41, 5.74) is 11.1. The zero-order valence-corrected chi connectivity index (χ0v) is 19.1. The van der Waals surface area contributed by atoms with Crippen LogP contribution >= 0.6 is 21.6 Å². The average Bonchev–Trinajstić information content (AvgIpc) is 3.35. The molecule has 170 valence electrons. The van der Waals surface area contributed by atoms with Gasteiger partial charge in [0.05, 0.1) is 23.4 Å². The Bertz CT molecular complexity index is 878. The predicted octanol–water partition coefficient (Wildman–Crippen LogP) is -0.680. The Kier molecular flexibility index (Phi) is 6.28. The van der Waals surface area contributed by atoms with Crippen LogP contribution in [0.15, 0.2) is 22.5 Å². The number of nitrogens with one attached hydrogen (secondary N) is 2. The number of ketones is 2. The minimum atomic E-state index is -0.958. The fourth-order valence-electron chi connectivity index (χ4n) is 4.89. The molecule has 4 rings (SSSR count). The Balaban J connectivity index is 1.59. The monoisotopic (exact) mass is 469 g/mol. The molecule has 2 fully saturated rings. The van der Waals surface area contributed by atoms with E-state index >= 15 is 0 Å². The first-order chi connectivity index (χ1) is 14.9. The molecule has 6 N–H and O–H groups in total. The second-order valence-electron chi connectivity index (χ2n) is 7.78. The quantitative estimate of drug-likeness (QED) is 0.139. The molecule has 1 aliphatic carbocycles. The topological polar surface area (TPSA) is 159 Å². The van der Waals surface area contributed by atoms with E-state index in [9.17, 15) is 14.4 Å². The van der Waals surface area contributed by atoms with Crippen LogP contribution in [0.25, 0.3) is 0 Å². The molecule has 4 atom stereocenters. The molecule has 2 saturated heterocycles. The summed E-state index contributed by atoms with van der Waals surface area (Å²) in [5, 5.41) is 6.49. The standard InChI is InChI=1S/C19H27N5O5S2/c1-9-13(22-4-6-31-30-5-3-20)16(26)12-10(8-29-18(21)27)19(28-2)17-11(23-17)7-24(19)14(12)15(9)25/h10-11,17,22-23H,3-8,20H2,1-2H3,(H2,21,27)/t10-,11+,17+,19-/m1/s1. The van der Waals surface area contributed by atoms with Gasteiger partial charge < -0.3 is 36.5 Å². The summed E-state index contributed by atoms with van der Waals surface area (Å²) in [7, 11) is 4.88. The number of piperazine rings is 1. The fraction of sp³-hybridized carbons (Fsp3) is 0.632. The lowest BCUT2D eigenvalue weighted by molar-refractivity contribution is -0.137. The number of nitrogens with zero attached hydrogens (tertiary/aromatic N) is 1. The first kappa shape index (κ1) is 22.5. The lowest BCUT2D eigenvalue weighted by atomic mass is 9.82. The van der Waals surface area contributed by atoms with E-state index in [4.69, 9.17) is 20.9 Å². The Labute approximate surface area is 188 Å². The van der Waals surface area contributed by atoms with E-state index in [0.717, 1.165) is 11.5 Å². The number of amides is 1. The second-order valence-corrected chi connectivity index (χ2v) is 10.5. The van der Waals surface area contributed by atoms with Gasteiger partial charge in [-0.05, 0) is 6.92 Å². The highest BCUT2D eigenvalue weighted by molar-refractivity contribution is 8.76. The molecule has 1 amide bonds. The second kappa shape index (κ2) is 8.66. The number of nitrogens with two attached hydrogens (primary N) is 2. The molecule has 0 saturated carbocycles. The summed E-state index contributed by atoms with van der Waals surface area (Å²) < 4.78 is 11.1. The lowest BCUT2D eigenvalue weighted by Gasteiger charge is -2.39. The molecule has 10 nitrogen and oxygen atoms in total. The summed E-state index contributed by atoms with van der Waals surface area (Å²) in [4.78, 5) is 40.1. The molecule has 0 aromatic carbocycles. The number of rotatable bonds is 10. The van der Waals surface area contributed by atoms with Crippen molar-refractivity contribution in [1.82, 2.24) is 15.5 Å². The van der Waals surface area contributed by atoms with Gasteiger partial charge in [-0.3, -0.25) is 9.59 Å². The molecule has 0 radical (unpaired) electrons. The van der Waals surface area contributed by atoms with Gasteiger partial charge in [0.2, 0.25) is 11.6 Å². The van der Waals surface area contributed by atoms with E-state index < -0.39 is 17.7 Å². The molecule has 0 spiro atoms. The van der Waals surface area contributed by atoms with Crippen molar-refractivity contribution in [2.24, 2.45) is 17.4 Å².